The smallest absolute Gasteiger partial charge is 0.129 e. The molecule has 0 aliphatic rings. The Morgan fingerprint density at radius 2 is 1.68 bits per heavy atom. The Labute approximate surface area is 118 Å². The first kappa shape index (κ1) is 13.4. The fourth-order valence-corrected chi connectivity index (χ4v) is 1.94. The van der Waals surface area contributed by atoms with E-state index >= 15 is 0 Å². The maximum atomic E-state index is 5.78. The quantitative estimate of drug-likeness (QED) is 0.851. The molecule has 0 saturated carbocycles. The molecule has 3 nitrogen and oxygen atoms in total. The predicted octanol–water partition coefficient (Wildman–Crippen LogP) is 2.91. The highest BCUT2D eigenvalue weighted by Gasteiger charge is 2.07. The molecule has 0 bridgehead atoms. The van der Waals surface area contributed by atoms with E-state index in [-0.39, 0.29) is 0 Å². The fraction of sp³-hybridized carbons (Fsp3) is 0.133. The highest BCUT2D eigenvalue weighted by Crippen LogP contribution is 2.22. The number of benzene rings is 2. The summed E-state index contributed by atoms with van der Waals surface area (Å²) in [4.78, 5) is 0.329. The van der Waals surface area contributed by atoms with Crippen molar-refractivity contribution in [2.24, 2.45) is 5.73 Å². The molecule has 0 saturated heterocycles. The number of nitrogens with two attached hydrogens (primary N) is 1. The zero-order valence-corrected chi connectivity index (χ0v) is 11.4. The van der Waals surface area contributed by atoms with Crippen molar-refractivity contribution in [3.63, 3.8) is 0 Å². The molecule has 0 spiro atoms. The van der Waals surface area contributed by atoms with Gasteiger partial charge in [0.15, 0.2) is 0 Å². The second-order valence-corrected chi connectivity index (χ2v) is 4.40. The van der Waals surface area contributed by atoms with Crippen LogP contribution in [-0.4, -0.2) is 12.1 Å². The van der Waals surface area contributed by atoms with Gasteiger partial charge in [0.1, 0.15) is 23.1 Å². The highest BCUT2D eigenvalue weighted by atomic mass is 32.1. The van der Waals surface area contributed by atoms with Crippen LogP contribution in [0.15, 0.2) is 48.5 Å². The Morgan fingerprint density at radius 3 is 2.37 bits per heavy atom. The van der Waals surface area contributed by atoms with E-state index in [1.165, 1.54) is 0 Å². The number of hydrogen-bond acceptors (Lipinski definition) is 3. The van der Waals surface area contributed by atoms with Gasteiger partial charge in [0.2, 0.25) is 0 Å². The number of rotatable bonds is 5. The number of hydrogen-bond donors (Lipinski definition) is 1. The summed E-state index contributed by atoms with van der Waals surface area (Å²) < 4.78 is 11.1. The van der Waals surface area contributed by atoms with E-state index in [4.69, 9.17) is 27.4 Å². The fourth-order valence-electron chi connectivity index (χ4n) is 1.77. The Kier molecular flexibility index (Phi) is 4.36. The van der Waals surface area contributed by atoms with Crippen LogP contribution in [0.5, 0.6) is 11.5 Å². The lowest BCUT2D eigenvalue weighted by Crippen LogP contribution is -2.11. The molecule has 2 aromatic carbocycles. The predicted molar refractivity (Wildman–Crippen MR) is 79.7 cm³/mol. The first-order valence-electron chi connectivity index (χ1n) is 5.86. The SMILES string of the molecule is COc1ccccc1COc1ccccc1C(N)=S. The minimum atomic E-state index is 0.329. The largest absolute Gasteiger partial charge is 0.496 e. The molecule has 0 aliphatic heterocycles. The first-order valence-corrected chi connectivity index (χ1v) is 6.26. The maximum absolute atomic E-state index is 5.78. The molecule has 0 unspecified atom stereocenters. The molecule has 0 aromatic heterocycles. The van der Waals surface area contributed by atoms with Crippen LogP contribution in [0, 0.1) is 0 Å². The van der Waals surface area contributed by atoms with E-state index in [1.54, 1.807) is 7.11 Å². The van der Waals surface area contributed by atoms with Crippen LogP contribution in [0.2, 0.25) is 0 Å². The summed E-state index contributed by atoms with van der Waals surface area (Å²) in [6, 6.07) is 15.2. The van der Waals surface area contributed by atoms with Gasteiger partial charge in [-0.2, -0.15) is 0 Å². The van der Waals surface area contributed by atoms with Gasteiger partial charge in [0.05, 0.1) is 12.7 Å². The van der Waals surface area contributed by atoms with Crippen LogP contribution < -0.4 is 15.2 Å². The molecule has 0 fully saturated rings. The Hall–Kier alpha value is -2.07. The van der Waals surface area contributed by atoms with Crippen molar-refractivity contribution in [3.05, 3.63) is 59.7 Å². The summed E-state index contributed by atoms with van der Waals surface area (Å²) in [6.45, 7) is 0.406. The van der Waals surface area contributed by atoms with Gasteiger partial charge in [0, 0.05) is 5.56 Å². The molecular formula is C15H15NO2S. The number of methoxy groups -OCH3 is 1. The average Bonchev–Trinajstić information content (AvgIpc) is 2.45. The van der Waals surface area contributed by atoms with Gasteiger partial charge in [-0.3, -0.25) is 0 Å². The van der Waals surface area contributed by atoms with Crippen molar-refractivity contribution >= 4 is 17.2 Å². The average molecular weight is 273 g/mol. The second-order valence-electron chi connectivity index (χ2n) is 3.96. The molecule has 0 heterocycles. The third kappa shape index (κ3) is 3.23. The molecular weight excluding hydrogens is 258 g/mol. The molecule has 4 heteroatoms. The lowest BCUT2D eigenvalue weighted by atomic mass is 10.2. The van der Waals surface area contributed by atoms with Crippen molar-refractivity contribution in [1.29, 1.82) is 0 Å². The van der Waals surface area contributed by atoms with Gasteiger partial charge in [-0.15, -0.1) is 0 Å². The van der Waals surface area contributed by atoms with Crippen LogP contribution in [0.25, 0.3) is 0 Å². The normalized spacial score (nSPS) is 9.95. The number of thiocarbonyl (C=S) groups is 1. The van der Waals surface area contributed by atoms with Crippen LogP contribution in [-0.2, 0) is 6.61 Å². The number of para-hydroxylation sites is 2. The lowest BCUT2D eigenvalue weighted by Gasteiger charge is -2.12. The summed E-state index contributed by atoms with van der Waals surface area (Å²) in [7, 11) is 1.64. The molecule has 19 heavy (non-hydrogen) atoms. The van der Waals surface area contributed by atoms with E-state index < -0.39 is 0 Å². The van der Waals surface area contributed by atoms with Gasteiger partial charge in [-0.25, -0.2) is 0 Å². The molecule has 0 amide bonds. The standard InChI is InChI=1S/C15H15NO2S/c1-17-13-8-4-2-6-11(13)10-18-14-9-5-3-7-12(14)15(16)19/h2-9H,10H2,1H3,(H2,16,19). The first-order chi connectivity index (χ1) is 9.22. The molecule has 98 valence electrons. The maximum Gasteiger partial charge on any atom is 0.129 e. The van der Waals surface area contributed by atoms with Crippen molar-refractivity contribution in [2.75, 3.05) is 7.11 Å². The van der Waals surface area contributed by atoms with Crippen LogP contribution in [0.1, 0.15) is 11.1 Å². The van der Waals surface area contributed by atoms with Gasteiger partial charge in [-0.1, -0.05) is 42.5 Å². The van der Waals surface area contributed by atoms with E-state index in [9.17, 15) is 0 Å². The van der Waals surface area contributed by atoms with Gasteiger partial charge >= 0.3 is 0 Å². The Bertz CT molecular complexity index is 584. The Morgan fingerprint density at radius 1 is 1.05 bits per heavy atom. The molecule has 2 rings (SSSR count). The van der Waals surface area contributed by atoms with Crippen molar-refractivity contribution in [2.45, 2.75) is 6.61 Å². The minimum Gasteiger partial charge on any atom is -0.496 e. The van der Waals surface area contributed by atoms with Crippen molar-refractivity contribution in [3.8, 4) is 11.5 Å². The zero-order valence-electron chi connectivity index (χ0n) is 10.6. The molecule has 2 N–H and O–H groups in total. The van der Waals surface area contributed by atoms with Gasteiger partial charge in [-0.05, 0) is 18.2 Å². The topological polar surface area (TPSA) is 44.5 Å². The third-order valence-electron chi connectivity index (χ3n) is 2.73. The third-order valence-corrected chi connectivity index (χ3v) is 2.95. The Balaban J connectivity index is 2.17. The summed E-state index contributed by atoms with van der Waals surface area (Å²) in [6.07, 6.45) is 0. The van der Waals surface area contributed by atoms with Crippen molar-refractivity contribution < 1.29 is 9.47 Å². The van der Waals surface area contributed by atoms with Crippen LogP contribution in [0.3, 0.4) is 0 Å². The summed E-state index contributed by atoms with van der Waals surface area (Å²) in [5, 5.41) is 0. The summed E-state index contributed by atoms with van der Waals surface area (Å²) >= 11 is 5.00. The molecule has 2 aromatic rings. The van der Waals surface area contributed by atoms with Gasteiger partial charge in [0.25, 0.3) is 0 Å². The van der Waals surface area contributed by atoms with Crippen LogP contribution >= 0.6 is 12.2 Å². The van der Waals surface area contributed by atoms with E-state index in [0.29, 0.717) is 17.3 Å². The highest BCUT2D eigenvalue weighted by molar-refractivity contribution is 7.80. The van der Waals surface area contributed by atoms with E-state index in [1.807, 2.05) is 48.5 Å². The second kappa shape index (κ2) is 6.20. The number of ether oxygens (including phenoxy) is 2. The van der Waals surface area contributed by atoms with Crippen LogP contribution in [0.4, 0.5) is 0 Å². The van der Waals surface area contributed by atoms with E-state index in [0.717, 1.165) is 16.9 Å². The summed E-state index contributed by atoms with van der Waals surface area (Å²) in [5.74, 6) is 1.48. The minimum absolute atomic E-state index is 0.329. The van der Waals surface area contributed by atoms with Gasteiger partial charge < -0.3 is 15.2 Å². The summed E-state index contributed by atoms with van der Waals surface area (Å²) in [5.41, 5.74) is 7.38. The monoisotopic (exact) mass is 273 g/mol. The zero-order chi connectivity index (χ0) is 13.7. The van der Waals surface area contributed by atoms with E-state index in [2.05, 4.69) is 0 Å². The lowest BCUT2D eigenvalue weighted by molar-refractivity contribution is 0.296. The molecule has 0 atom stereocenters. The molecule has 0 aliphatic carbocycles. The van der Waals surface area contributed by atoms with Crippen molar-refractivity contribution in [1.82, 2.24) is 0 Å². The molecule has 0 radical (unpaired) electrons.